The standard InChI is InChI=1S/C11H14Cl2N2/c1-15(7-8-2-3-8)11-5-4-9(13)10(6-12)14-11/h4-5,8H,2-3,6-7H2,1H3. The van der Waals surface area contributed by atoms with Crippen molar-refractivity contribution in [1.82, 2.24) is 4.98 Å². The summed E-state index contributed by atoms with van der Waals surface area (Å²) >= 11 is 11.7. The van der Waals surface area contributed by atoms with Crippen molar-refractivity contribution in [2.45, 2.75) is 18.7 Å². The molecule has 0 N–H and O–H groups in total. The highest BCUT2D eigenvalue weighted by molar-refractivity contribution is 6.32. The predicted molar refractivity (Wildman–Crippen MR) is 64.8 cm³/mol. The number of alkyl halides is 1. The topological polar surface area (TPSA) is 16.1 Å². The molecule has 82 valence electrons. The molecular formula is C11H14Cl2N2. The van der Waals surface area contributed by atoms with E-state index in [9.17, 15) is 0 Å². The largest absolute Gasteiger partial charge is 0.359 e. The first-order valence-electron chi connectivity index (χ1n) is 5.13. The summed E-state index contributed by atoms with van der Waals surface area (Å²) in [5.74, 6) is 2.18. The van der Waals surface area contributed by atoms with Crippen molar-refractivity contribution < 1.29 is 0 Å². The van der Waals surface area contributed by atoms with Gasteiger partial charge in [0.2, 0.25) is 0 Å². The lowest BCUT2D eigenvalue weighted by Gasteiger charge is -2.18. The van der Waals surface area contributed by atoms with Crippen LogP contribution >= 0.6 is 23.2 Å². The molecule has 15 heavy (non-hydrogen) atoms. The van der Waals surface area contributed by atoms with Gasteiger partial charge >= 0.3 is 0 Å². The molecule has 1 saturated carbocycles. The lowest BCUT2D eigenvalue weighted by Crippen LogP contribution is -2.21. The van der Waals surface area contributed by atoms with Gasteiger partial charge in [-0.3, -0.25) is 0 Å². The van der Waals surface area contributed by atoms with Crippen molar-refractivity contribution in [3.8, 4) is 0 Å². The first kappa shape index (κ1) is 11.0. The van der Waals surface area contributed by atoms with Crippen LogP contribution in [0.3, 0.4) is 0 Å². The summed E-state index contributed by atoms with van der Waals surface area (Å²) in [6, 6.07) is 3.81. The van der Waals surface area contributed by atoms with E-state index in [0.29, 0.717) is 10.9 Å². The zero-order valence-corrected chi connectivity index (χ0v) is 10.2. The summed E-state index contributed by atoms with van der Waals surface area (Å²) in [7, 11) is 2.06. The summed E-state index contributed by atoms with van der Waals surface area (Å²) in [6.45, 7) is 1.08. The molecular weight excluding hydrogens is 231 g/mol. The fraction of sp³-hybridized carbons (Fsp3) is 0.545. The molecule has 1 aliphatic carbocycles. The van der Waals surface area contributed by atoms with Crippen LogP contribution in [0.4, 0.5) is 5.82 Å². The maximum atomic E-state index is 5.95. The first-order chi connectivity index (χ1) is 7.20. The molecule has 1 fully saturated rings. The normalized spacial score (nSPS) is 15.4. The molecule has 0 unspecified atom stereocenters. The molecule has 1 heterocycles. The molecule has 0 amide bonds. The Labute approximate surface area is 100 Å². The van der Waals surface area contributed by atoms with Crippen LogP contribution in [0.1, 0.15) is 18.5 Å². The van der Waals surface area contributed by atoms with E-state index < -0.39 is 0 Å². The van der Waals surface area contributed by atoms with E-state index in [-0.39, 0.29) is 0 Å². The second kappa shape index (κ2) is 4.58. The molecule has 4 heteroatoms. The van der Waals surface area contributed by atoms with Crippen LogP contribution in [-0.2, 0) is 5.88 Å². The molecule has 0 atom stereocenters. The average molecular weight is 245 g/mol. The van der Waals surface area contributed by atoms with Gasteiger partial charge in [-0.15, -0.1) is 11.6 Å². The highest BCUT2D eigenvalue weighted by Gasteiger charge is 2.23. The number of halogens is 2. The molecule has 0 radical (unpaired) electrons. The van der Waals surface area contributed by atoms with Crippen molar-refractivity contribution in [1.29, 1.82) is 0 Å². The van der Waals surface area contributed by atoms with Crippen molar-refractivity contribution in [2.75, 3.05) is 18.5 Å². The van der Waals surface area contributed by atoms with Gasteiger partial charge in [-0.25, -0.2) is 4.98 Å². The van der Waals surface area contributed by atoms with Gasteiger partial charge in [0, 0.05) is 13.6 Å². The third-order valence-electron chi connectivity index (χ3n) is 2.65. The van der Waals surface area contributed by atoms with Crippen LogP contribution in [-0.4, -0.2) is 18.6 Å². The summed E-state index contributed by atoms with van der Waals surface area (Å²) in [4.78, 5) is 6.60. The monoisotopic (exact) mass is 244 g/mol. The highest BCUT2D eigenvalue weighted by atomic mass is 35.5. The predicted octanol–water partition coefficient (Wildman–Crippen LogP) is 3.32. The molecule has 0 saturated heterocycles. The minimum Gasteiger partial charge on any atom is -0.359 e. The van der Waals surface area contributed by atoms with Gasteiger partial charge in [0.15, 0.2) is 0 Å². The summed E-state index contributed by atoms with van der Waals surface area (Å²) in [6.07, 6.45) is 2.70. The number of pyridine rings is 1. The van der Waals surface area contributed by atoms with Gasteiger partial charge in [-0.2, -0.15) is 0 Å². The second-order valence-corrected chi connectivity index (χ2v) is 4.73. The summed E-state index contributed by atoms with van der Waals surface area (Å²) in [5.41, 5.74) is 0.762. The van der Waals surface area contributed by atoms with Crippen LogP contribution in [0, 0.1) is 5.92 Å². The van der Waals surface area contributed by atoms with Crippen LogP contribution in [0.15, 0.2) is 12.1 Å². The van der Waals surface area contributed by atoms with Crippen molar-refractivity contribution in [3.63, 3.8) is 0 Å². The Morgan fingerprint density at radius 2 is 2.20 bits per heavy atom. The minimum absolute atomic E-state index is 0.365. The Morgan fingerprint density at radius 3 is 2.80 bits per heavy atom. The van der Waals surface area contributed by atoms with Gasteiger partial charge in [0.25, 0.3) is 0 Å². The Hall–Kier alpha value is -0.470. The Bertz CT molecular complexity index is 350. The summed E-state index contributed by atoms with van der Waals surface area (Å²) in [5, 5.41) is 0.647. The fourth-order valence-electron chi connectivity index (χ4n) is 1.56. The lowest BCUT2D eigenvalue weighted by atomic mass is 10.3. The van der Waals surface area contributed by atoms with Crippen LogP contribution < -0.4 is 4.90 Å². The van der Waals surface area contributed by atoms with Crippen molar-refractivity contribution >= 4 is 29.0 Å². The number of nitrogens with zero attached hydrogens (tertiary/aromatic N) is 2. The van der Waals surface area contributed by atoms with E-state index in [1.165, 1.54) is 12.8 Å². The molecule has 1 aromatic heterocycles. The van der Waals surface area contributed by atoms with E-state index in [1.807, 2.05) is 12.1 Å². The van der Waals surface area contributed by atoms with Crippen molar-refractivity contribution in [2.24, 2.45) is 5.92 Å². The quantitative estimate of drug-likeness (QED) is 0.756. The number of aromatic nitrogens is 1. The Morgan fingerprint density at radius 1 is 1.47 bits per heavy atom. The Balaban J connectivity index is 2.12. The van der Waals surface area contributed by atoms with E-state index >= 15 is 0 Å². The molecule has 1 aromatic rings. The molecule has 0 spiro atoms. The smallest absolute Gasteiger partial charge is 0.128 e. The van der Waals surface area contributed by atoms with Crippen LogP contribution in [0.5, 0.6) is 0 Å². The third kappa shape index (κ3) is 2.76. The number of hydrogen-bond acceptors (Lipinski definition) is 2. The molecule has 0 aliphatic heterocycles. The fourth-order valence-corrected chi connectivity index (χ4v) is 2.00. The van der Waals surface area contributed by atoms with E-state index in [4.69, 9.17) is 23.2 Å². The number of rotatable bonds is 4. The lowest BCUT2D eigenvalue weighted by molar-refractivity contribution is 0.775. The zero-order chi connectivity index (χ0) is 10.8. The van der Waals surface area contributed by atoms with Gasteiger partial charge in [-0.1, -0.05) is 11.6 Å². The minimum atomic E-state index is 0.365. The van der Waals surface area contributed by atoms with Gasteiger partial charge in [0.1, 0.15) is 5.82 Å². The second-order valence-electron chi connectivity index (χ2n) is 4.06. The van der Waals surface area contributed by atoms with Crippen LogP contribution in [0.25, 0.3) is 0 Å². The molecule has 2 rings (SSSR count). The maximum Gasteiger partial charge on any atom is 0.128 e. The molecule has 0 aromatic carbocycles. The molecule has 1 aliphatic rings. The molecule has 0 bridgehead atoms. The van der Waals surface area contributed by atoms with Gasteiger partial charge < -0.3 is 4.90 Å². The summed E-state index contributed by atoms with van der Waals surface area (Å²) < 4.78 is 0. The Kier molecular flexibility index (Phi) is 3.37. The van der Waals surface area contributed by atoms with Crippen LogP contribution in [0.2, 0.25) is 5.02 Å². The zero-order valence-electron chi connectivity index (χ0n) is 8.71. The third-order valence-corrected chi connectivity index (χ3v) is 3.25. The van der Waals surface area contributed by atoms with E-state index in [0.717, 1.165) is 24.0 Å². The molecule has 2 nitrogen and oxygen atoms in total. The van der Waals surface area contributed by atoms with E-state index in [2.05, 4.69) is 16.9 Å². The van der Waals surface area contributed by atoms with Gasteiger partial charge in [-0.05, 0) is 30.9 Å². The average Bonchev–Trinajstić information content (AvgIpc) is 3.02. The highest BCUT2D eigenvalue weighted by Crippen LogP contribution is 2.30. The van der Waals surface area contributed by atoms with Crippen molar-refractivity contribution in [3.05, 3.63) is 22.8 Å². The SMILES string of the molecule is CN(CC1CC1)c1ccc(Cl)c(CCl)n1. The van der Waals surface area contributed by atoms with E-state index in [1.54, 1.807) is 0 Å². The number of anilines is 1. The number of hydrogen-bond donors (Lipinski definition) is 0. The van der Waals surface area contributed by atoms with Gasteiger partial charge in [0.05, 0.1) is 16.6 Å². The first-order valence-corrected chi connectivity index (χ1v) is 6.04. The maximum absolute atomic E-state index is 5.95.